The fraction of sp³-hybridized carbons (Fsp3) is 0.400. The lowest BCUT2D eigenvalue weighted by molar-refractivity contribution is -0.138. The molecule has 0 radical (unpaired) electrons. The van der Waals surface area contributed by atoms with Crippen LogP contribution < -0.4 is 9.64 Å². The third kappa shape index (κ3) is 4.05. The summed E-state index contributed by atoms with van der Waals surface area (Å²) >= 11 is 3.50. The molecule has 1 aliphatic rings. The Balaban J connectivity index is 1.41. The van der Waals surface area contributed by atoms with Crippen molar-refractivity contribution in [1.82, 2.24) is 24.5 Å². The molecule has 4 rings (SSSR count). The minimum Gasteiger partial charge on any atom is -0.480 e. The molecule has 0 aliphatic carbocycles. The van der Waals surface area contributed by atoms with Crippen molar-refractivity contribution >= 4 is 33.4 Å². The molecular formula is C20H23BrN6O2. The molecule has 0 saturated carbocycles. The Kier molecular flexibility index (Phi) is 5.40. The Morgan fingerprint density at radius 2 is 1.93 bits per heavy atom. The molecule has 1 atom stereocenters. The molecule has 152 valence electrons. The Morgan fingerprint density at radius 1 is 1.17 bits per heavy atom. The van der Waals surface area contributed by atoms with Crippen molar-refractivity contribution in [2.24, 2.45) is 0 Å². The van der Waals surface area contributed by atoms with E-state index in [2.05, 4.69) is 35.9 Å². The first kappa shape index (κ1) is 19.6. The minimum atomic E-state index is -0.550. The van der Waals surface area contributed by atoms with Gasteiger partial charge in [-0.3, -0.25) is 4.79 Å². The van der Waals surface area contributed by atoms with Gasteiger partial charge in [0.15, 0.2) is 6.10 Å². The summed E-state index contributed by atoms with van der Waals surface area (Å²) in [7, 11) is 0. The summed E-state index contributed by atoms with van der Waals surface area (Å²) in [4.78, 5) is 25.5. The van der Waals surface area contributed by atoms with Gasteiger partial charge < -0.3 is 14.5 Å². The number of halogens is 1. The monoisotopic (exact) mass is 458 g/mol. The number of ether oxygens (including phenoxy) is 1. The molecule has 1 unspecified atom stereocenters. The normalized spacial score (nSPS) is 15.6. The Morgan fingerprint density at radius 3 is 2.66 bits per heavy atom. The lowest BCUT2D eigenvalue weighted by Gasteiger charge is -2.37. The SMILES string of the molecule is Cc1ccc(OC(C)C(=O)N2CCN(c3cc(C)nc4ncnn34)CC2)c(Br)c1. The molecule has 9 heteroatoms. The fourth-order valence-electron chi connectivity index (χ4n) is 3.49. The average Bonchev–Trinajstić information content (AvgIpc) is 3.17. The quantitative estimate of drug-likeness (QED) is 0.597. The number of rotatable bonds is 4. The topological polar surface area (TPSA) is 75.9 Å². The predicted octanol–water partition coefficient (Wildman–Crippen LogP) is 2.62. The van der Waals surface area contributed by atoms with Crippen LogP contribution in [0.1, 0.15) is 18.2 Å². The van der Waals surface area contributed by atoms with Gasteiger partial charge in [0.1, 0.15) is 17.9 Å². The highest BCUT2D eigenvalue weighted by Gasteiger charge is 2.27. The van der Waals surface area contributed by atoms with E-state index in [0.717, 1.165) is 21.5 Å². The number of carbonyl (C=O) groups is 1. The maximum absolute atomic E-state index is 12.9. The Hall–Kier alpha value is -2.68. The molecule has 8 nitrogen and oxygen atoms in total. The second-order valence-corrected chi connectivity index (χ2v) is 8.09. The molecule has 0 spiro atoms. The van der Waals surface area contributed by atoms with E-state index in [0.29, 0.717) is 37.7 Å². The number of piperazine rings is 1. The molecular weight excluding hydrogens is 436 g/mol. The van der Waals surface area contributed by atoms with Gasteiger partial charge in [0, 0.05) is 37.9 Å². The average molecular weight is 459 g/mol. The van der Waals surface area contributed by atoms with Gasteiger partial charge in [-0.15, -0.1) is 0 Å². The number of amides is 1. The van der Waals surface area contributed by atoms with Gasteiger partial charge in [-0.1, -0.05) is 6.07 Å². The molecule has 0 N–H and O–H groups in total. The zero-order valence-corrected chi connectivity index (χ0v) is 18.3. The van der Waals surface area contributed by atoms with Crippen LogP contribution in [-0.4, -0.2) is 62.7 Å². The number of nitrogens with zero attached hydrogens (tertiary/aromatic N) is 6. The van der Waals surface area contributed by atoms with E-state index in [1.54, 1.807) is 11.4 Å². The highest BCUT2D eigenvalue weighted by Crippen LogP contribution is 2.27. The molecule has 0 bridgehead atoms. The lowest BCUT2D eigenvalue weighted by Crippen LogP contribution is -2.52. The first-order chi connectivity index (χ1) is 13.9. The minimum absolute atomic E-state index is 0.00561. The van der Waals surface area contributed by atoms with Gasteiger partial charge in [-0.25, -0.2) is 4.98 Å². The first-order valence-electron chi connectivity index (χ1n) is 9.56. The first-order valence-corrected chi connectivity index (χ1v) is 10.4. The van der Waals surface area contributed by atoms with E-state index in [-0.39, 0.29) is 5.91 Å². The smallest absolute Gasteiger partial charge is 0.263 e. The zero-order chi connectivity index (χ0) is 20.5. The summed E-state index contributed by atoms with van der Waals surface area (Å²) in [6.07, 6.45) is 0.957. The number of benzene rings is 1. The van der Waals surface area contributed by atoms with Crippen LogP contribution in [0.25, 0.3) is 5.78 Å². The number of anilines is 1. The third-order valence-electron chi connectivity index (χ3n) is 5.02. The highest BCUT2D eigenvalue weighted by molar-refractivity contribution is 9.10. The van der Waals surface area contributed by atoms with Crippen molar-refractivity contribution in [1.29, 1.82) is 0 Å². The van der Waals surface area contributed by atoms with Gasteiger partial charge in [0.05, 0.1) is 4.47 Å². The highest BCUT2D eigenvalue weighted by atomic mass is 79.9. The molecule has 29 heavy (non-hydrogen) atoms. The van der Waals surface area contributed by atoms with Gasteiger partial charge in [-0.05, 0) is 54.4 Å². The second kappa shape index (κ2) is 7.98. The number of hydrogen-bond acceptors (Lipinski definition) is 6. The van der Waals surface area contributed by atoms with Crippen molar-refractivity contribution in [2.45, 2.75) is 26.9 Å². The van der Waals surface area contributed by atoms with Gasteiger partial charge >= 0.3 is 0 Å². The molecule has 1 aliphatic heterocycles. The summed E-state index contributed by atoms with van der Waals surface area (Å²) in [6, 6.07) is 7.83. The van der Waals surface area contributed by atoms with Crippen molar-refractivity contribution in [3.8, 4) is 5.75 Å². The number of carbonyl (C=O) groups excluding carboxylic acids is 1. The summed E-state index contributed by atoms with van der Waals surface area (Å²) in [5, 5.41) is 4.27. The number of fused-ring (bicyclic) bond motifs is 1. The van der Waals surface area contributed by atoms with E-state index in [4.69, 9.17) is 4.74 Å². The number of hydrogen-bond donors (Lipinski definition) is 0. The van der Waals surface area contributed by atoms with Crippen LogP contribution in [0.15, 0.2) is 35.1 Å². The van der Waals surface area contributed by atoms with Crippen LogP contribution in [-0.2, 0) is 4.79 Å². The maximum atomic E-state index is 12.9. The van der Waals surface area contributed by atoms with Crippen LogP contribution >= 0.6 is 15.9 Å². The van der Waals surface area contributed by atoms with Crippen molar-refractivity contribution < 1.29 is 9.53 Å². The number of aryl methyl sites for hydroxylation is 2. The summed E-state index contributed by atoms with van der Waals surface area (Å²) < 4.78 is 8.50. The molecule has 2 aromatic heterocycles. The van der Waals surface area contributed by atoms with Gasteiger partial charge in [0.2, 0.25) is 0 Å². The van der Waals surface area contributed by atoms with Crippen molar-refractivity contribution in [3.05, 3.63) is 46.3 Å². The van der Waals surface area contributed by atoms with Crippen LogP contribution in [0.2, 0.25) is 0 Å². The van der Waals surface area contributed by atoms with E-state index >= 15 is 0 Å². The number of aromatic nitrogens is 4. The van der Waals surface area contributed by atoms with Gasteiger partial charge in [-0.2, -0.15) is 14.6 Å². The molecule has 1 saturated heterocycles. The lowest BCUT2D eigenvalue weighted by atomic mass is 10.2. The van der Waals surface area contributed by atoms with Crippen molar-refractivity contribution in [2.75, 3.05) is 31.1 Å². The fourth-order valence-corrected chi connectivity index (χ4v) is 4.08. The Labute approximate surface area is 177 Å². The largest absolute Gasteiger partial charge is 0.480 e. The predicted molar refractivity (Wildman–Crippen MR) is 113 cm³/mol. The molecule has 1 amide bonds. The van der Waals surface area contributed by atoms with Crippen LogP contribution in [0.5, 0.6) is 5.75 Å². The summed E-state index contributed by atoms with van der Waals surface area (Å²) in [5.41, 5.74) is 2.02. The van der Waals surface area contributed by atoms with E-state index in [9.17, 15) is 4.79 Å². The zero-order valence-electron chi connectivity index (χ0n) is 16.7. The van der Waals surface area contributed by atoms with E-state index in [1.165, 1.54) is 6.33 Å². The van der Waals surface area contributed by atoms with Crippen molar-refractivity contribution in [3.63, 3.8) is 0 Å². The second-order valence-electron chi connectivity index (χ2n) is 7.23. The van der Waals surface area contributed by atoms with Crippen LogP contribution in [0.4, 0.5) is 5.82 Å². The standard InChI is InChI=1S/C20H23BrN6O2/c1-13-4-5-17(16(21)10-13)29-15(3)19(28)26-8-6-25(7-9-26)18-11-14(2)24-20-22-12-23-27(18)20/h4-5,10-12,15H,6-9H2,1-3H3. The molecule has 3 heterocycles. The molecule has 1 fully saturated rings. The van der Waals surface area contributed by atoms with Gasteiger partial charge in [0.25, 0.3) is 11.7 Å². The van der Waals surface area contributed by atoms with Crippen LogP contribution in [0.3, 0.4) is 0 Å². The maximum Gasteiger partial charge on any atom is 0.263 e. The van der Waals surface area contributed by atoms with E-state index < -0.39 is 6.10 Å². The van der Waals surface area contributed by atoms with E-state index in [1.807, 2.05) is 43.0 Å². The van der Waals surface area contributed by atoms with Crippen LogP contribution in [0, 0.1) is 13.8 Å². The summed E-state index contributed by atoms with van der Waals surface area (Å²) in [5.74, 6) is 2.21. The Bertz CT molecular complexity index is 1040. The summed E-state index contributed by atoms with van der Waals surface area (Å²) in [6.45, 7) is 8.43. The molecule has 1 aromatic carbocycles. The molecule has 3 aromatic rings. The third-order valence-corrected chi connectivity index (χ3v) is 5.64.